The molecule has 0 radical (unpaired) electrons. The second-order valence-corrected chi connectivity index (χ2v) is 29.2. The number of nitrogens with zero attached hydrogens (tertiary/aromatic N) is 9. The average Bonchev–Trinajstić information content (AvgIpc) is 3.85. The van der Waals surface area contributed by atoms with Crippen molar-refractivity contribution in [2.24, 2.45) is 0 Å². The molecule has 1 fully saturated rings. The van der Waals surface area contributed by atoms with Gasteiger partial charge in [0.15, 0.2) is 5.82 Å². The number of likely N-dealkylation sites (N-methyl/N-ethyl adjacent to an activating group) is 1. The van der Waals surface area contributed by atoms with Crippen LogP contribution in [0.5, 0.6) is 5.75 Å². The van der Waals surface area contributed by atoms with Crippen molar-refractivity contribution in [3.05, 3.63) is 71.4 Å². The Labute approximate surface area is 338 Å². The zero-order chi connectivity index (χ0) is 40.5. The molecule has 0 aliphatic carbocycles. The maximum atomic E-state index is 13.9. The van der Waals surface area contributed by atoms with Crippen LogP contribution in [0.4, 0.5) is 5.82 Å². The van der Waals surface area contributed by atoms with Crippen molar-refractivity contribution < 1.29 is 19.4 Å². The minimum atomic E-state index is -1.33. The Hall–Kier alpha value is -4.42. The number of carbonyl (C=O) groups excluding carboxylic acids is 1. The third kappa shape index (κ3) is 9.49. The van der Waals surface area contributed by atoms with Crippen LogP contribution in [0.25, 0.3) is 33.5 Å². The number of hydrogen-bond acceptors (Lipinski definition) is 10. The van der Waals surface area contributed by atoms with Crippen molar-refractivity contribution >= 4 is 38.8 Å². The van der Waals surface area contributed by atoms with E-state index in [1.807, 2.05) is 16.8 Å². The number of phenols is 1. The molecule has 1 amide bonds. The molecule has 5 aromatic rings. The number of benzene rings is 2. The van der Waals surface area contributed by atoms with Crippen molar-refractivity contribution in [2.45, 2.75) is 91.3 Å². The van der Waals surface area contributed by atoms with Crippen LogP contribution in [0.3, 0.4) is 0 Å². The van der Waals surface area contributed by atoms with Gasteiger partial charge in [0, 0.05) is 60.9 Å². The van der Waals surface area contributed by atoms with E-state index in [0.29, 0.717) is 51.3 Å². The van der Waals surface area contributed by atoms with Crippen LogP contribution in [0.2, 0.25) is 51.4 Å². The van der Waals surface area contributed by atoms with E-state index in [4.69, 9.17) is 19.6 Å². The van der Waals surface area contributed by atoms with Gasteiger partial charge in [-0.2, -0.15) is 5.10 Å². The summed E-state index contributed by atoms with van der Waals surface area (Å²) in [4.78, 5) is 34.6. The van der Waals surface area contributed by atoms with Crippen LogP contribution in [0.1, 0.15) is 34.4 Å². The van der Waals surface area contributed by atoms with Crippen molar-refractivity contribution in [3.63, 3.8) is 0 Å². The number of piperazine rings is 1. The van der Waals surface area contributed by atoms with Gasteiger partial charge in [-0.05, 0) is 66.5 Å². The molecule has 0 atom stereocenters. The predicted octanol–water partition coefficient (Wildman–Crippen LogP) is 7.16. The molecule has 15 heteroatoms. The number of aromatic nitrogens is 6. The van der Waals surface area contributed by atoms with Gasteiger partial charge in [0.2, 0.25) is 0 Å². The fourth-order valence-corrected chi connectivity index (χ4v) is 8.85. The Morgan fingerprint density at radius 3 is 2.25 bits per heavy atom. The summed E-state index contributed by atoms with van der Waals surface area (Å²) in [6.45, 7) is 22.6. The van der Waals surface area contributed by atoms with E-state index >= 15 is 0 Å². The smallest absolute Gasteiger partial charge is 0.274 e. The molecule has 2 aliphatic rings. The molecule has 1 saturated heterocycles. The van der Waals surface area contributed by atoms with Gasteiger partial charge < -0.3 is 33.8 Å². The number of amides is 1. The summed E-state index contributed by atoms with van der Waals surface area (Å²) in [5.74, 6) is 1.61. The fraction of sp³-hybridized carbons (Fsp3) is 0.500. The first-order valence-electron chi connectivity index (χ1n) is 20.3. The molecule has 0 spiro atoms. The average molecular weight is 810 g/mol. The quantitative estimate of drug-likeness (QED) is 0.0861. The Kier molecular flexibility index (Phi) is 12.0. The number of imidazole rings is 1. The fourth-order valence-electron chi connectivity index (χ4n) is 7.34. The summed E-state index contributed by atoms with van der Waals surface area (Å²) in [7, 11) is -0.490. The van der Waals surface area contributed by atoms with Crippen molar-refractivity contribution in [3.8, 4) is 28.4 Å². The molecular weight excluding hydrogens is 751 g/mol. The van der Waals surface area contributed by atoms with E-state index in [0.717, 1.165) is 95.2 Å². The van der Waals surface area contributed by atoms with E-state index in [1.54, 1.807) is 23.4 Å². The standard InChI is InChI=1S/C42H59N9O4Si2/c1-9-30-22-32(52)11-13-33(30)31-10-12-34-37(23-31)51(29-55-19-21-57(6,7)8)46-40(34)41-45-36-26-49(27-38(36)50(41)28-54-18-20-56(3,4)5)42(53)35-24-44-39(25-43-35)48-16-14-47(2)15-17-48/h10-13,22-25,52H,9,14-21,26-29H2,1-8H3. The van der Waals surface area contributed by atoms with E-state index in [1.165, 1.54) is 0 Å². The van der Waals surface area contributed by atoms with Crippen molar-refractivity contribution in [1.29, 1.82) is 0 Å². The van der Waals surface area contributed by atoms with Crippen LogP contribution in [-0.2, 0) is 42.4 Å². The second kappa shape index (κ2) is 16.8. The van der Waals surface area contributed by atoms with Crippen LogP contribution in [0.15, 0.2) is 48.8 Å². The molecule has 5 heterocycles. The van der Waals surface area contributed by atoms with Gasteiger partial charge in [0.05, 0.1) is 42.4 Å². The summed E-state index contributed by atoms with van der Waals surface area (Å²) in [5.41, 5.74) is 6.98. The third-order valence-electron chi connectivity index (χ3n) is 11.0. The van der Waals surface area contributed by atoms with E-state index in [9.17, 15) is 9.90 Å². The highest BCUT2D eigenvalue weighted by Gasteiger charge is 2.33. The summed E-state index contributed by atoms with van der Waals surface area (Å²) in [6, 6.07) is 14.1. The number of ether oxygens (including phenoxy) is 2. The minimum absolute atomic E-state index is 0.170. The highest BCUT2D eigenvalue weighted by molar-refractivity contribution is 6.76. The largest absolute Gasteiger partial charge is 0.508 e. The molecule has 1 N–H and O–H groups in total. The van der Waals surface area contributed by atoms with Crippen LogP contribution in [-0.4, -0.2) is 113 Å². The first kappa shape index (κ1) is 40.8. The second-order valence-electron chi connectivity index (χ2n) is 17.9. The van der Waals surface area contributed by atoms with E-state index in [2.05, 4.69) is 95.8 Å². The van der Waals surface area contributed by atoms with Gasteiger partial charge in [0.25, 0.3) is 5.91 Å². The minimum Gasteiger partial charge on any atom is -0.508 e. The van der Waals surface area contributed by atoms with Gasteiger partial charge in [-0.1, -0.05) is 58.3 Å². The van der Waals surface area contributed by atoms with Crippen molar-refractivity contribution in [1.82, 2.24) is 39.1 Å². The predicted molar refractivity (Wildman–Crippen MR) is 231 cm³/mol. The summed E-state index contributed by atoms with van der Waals surface area (Å²) in [5, 5.41) is 16.4. The van der Waals surface area contributed by atoms with Gasteiger partial charge in [-0.15, -0.1) is 0 Å². The van der Waals surface area contributed by atoms with Gasteiger partial charge >= 0.3 is 0 Å². The number of aryl methyl sites for hydroxylation is 1. The van der Waals surface area contributed by atoms with E-state index in [-0.39, 0.29) is 11.7 Å². The number of anilines is 1. The number of aromatic hydroxyl groups is 1. The number of carbonyl (C=O) groups is 1. The highest BCUT2D eigenvalue weighted by atomic mass is 28.3. The molecule has 7 rings (SSSR count). The Bertz CT molecular complexity index is 2200. The molecule has 2 aliphatic heterocycles. The zero-order valence-electron chi connectivity index (χ0n) is 35.0. The molecule has 0 unspecified atom stereocenters. The molecule has 13 nitrogen and oxygen atoms in total. The summed E-state index contributed by atoms with van der Waals surface area (Å²) in [6.07, 6.45) is 4.11. The van der Waals surface area contributed by atoms with Crippen LogP contribution >= 0.6 is 0 Å². The first-order valence-corrected chi connectivity index (χ1v) is 27.7. The molecule has 0 saturated carbocycles. The Morgan fingerprint density at radius 1 is 0.860 bits per heavy atom. The topological polar surface area (TPSA) is 127 Å². The third-order valence-corrected chi connectivity index (χ3v) is 14.4. The zero-order valence-corrected chi connectivity index (χ0v) is 37.0. The van der Waals surface area contributed by atoms with Gasteiger partial charge in [-0.25, -0.2) is 19.6 Å². The molecule has 2 aromatic carbocycles. The molecule has 57 heavy (non-hydrogen) atoms. The SMILES string of the molecule is CCc1cc(O)ccc1-c1ccc2c(-c3nc4c(n3COCC[Si](C)(C)C)CN(C(=O)c3cnc(N5CCN(C)CC5)cn3)C4)nn(COCC[Si](C)(C)C)c2c1. The lowest BCUT2D eigenvalue weighted by Crippen LogP contribution is -2.44. The van der Waals surface area contributed by atoms with E-state index < -0.39 is 16.1 Å². The number of hydrogen-bond donors (Lipinski definition) is 1. The number of fused-ring (bicyclic) bond motifs is 2. The normalized spacial score (nSPS) is 15.2. The lowest BCUT2D eigenvalue weighted by Gasteiger charge is -2.32. The monoisotopic (exact) mass is 809 g/mol. The first-order chi connectivity index (χ1) is 27.2. The van der Waals surface area contributed by atoms with Crippen LogP contribution in [0, 0.1) is 0 Å². The molecule has 3 aromatic heterocycles. The highest BCUT2D eigenvalue weighted by Crippen LogP contribution is 2.36. The molecule has 304 valence electrons. The van der Waals surface area contributed by atoms with Crippen molar-refractivity contribution in [2.75, 3.05) is 51.3 Å². The van der Waals surface area contributed by atoms with Gasteiger partial charge in [0.1, 0.15) is 36.4 Å². The Balaban J connectivity index is 1.21. The Morgan fingerprint density at radius 2 is 1.58 bits per heavy atom. The van der Waals surface area contributed by atoms with Crippen LogP contribution < -0.4 is 4.90 Å². The maximum absolute atomic E-state index is 13.9. The molecular formula is C42H59N9O4Si2. The lowest BCUT2D eigenvalue weighted by atomic mass is 9.97. The number of phenolic OH excluding ortho intramolecular Hbond substituents is 1. The lowest BCUT2D eigenvalue weighted by molar-refractivity contribution is 0.0717. The van der Waals surface area contributed by atoms with Gasteiger partial charge in [-0.3, -0.25) is 4.79 Å². The summed E-state index contributed by atoms with van der Waals surface area (Å²) >= 11 is 0. The number of rotatable bonds is 15. The molecule has 0 bridgehead atoms. The summed E-state index contributed by atoms with van der Waals surface area (Å²) < 4.78 is 16.7. The maximum Gasteiger partial charge on any atom is 0.274 e.